The van der Waals surface area contributed by atoms with Gasteiger partial charge in [0.15, 0.2) is 0 Å². The molecule has 0 bridgehead atoms. The Labute approximate surface area is 174 Å². The first-order chi connectivity index (χ1) is 14.1. The van der Waals surface area contributed by atoms with E-state index in [1.54, 1.807) is 0 Å². The molecule has 4 rings (SSSR count). The summed E-state index contributed by atoms with van der Waals surface area (Å²) >= 11 is 0. The van der Waals surface area contributed by atoms with E-state index in [-0.39, 0.29) is 11.8 Å². The van der Waals surface area contributed by atoms with E-state index in [0.717, 1.165) is 30.8 Å². The molecule has 1 saturated heterocycles. The van der Waals surface area contributed by atoms with Crippen LogP contribution < -0.4 is 15.4 Å². The zero-order chi connectivity index (χ0) is 20.2. The molecule has 4 heteroatoms. The highest BCUT2D eigenvalue weighted by atomic mass is 16.5. The normalized spacial score (nSPS) is 20.9. The Morgan fingerprint density at radius 1 is 1.07 bits per heavy atom. The molecular weight excluding hydrogens is 360 g/mol. The number of fused-ring (bicyclic) bond motifs is 1. The Kier molecular flexibility index (Phi) is 6.19. The van der Waals surface area contributed by atoms with Crippen LogP contribution in [0.1, 0.15) is 40.7 Å². The van der Waals surface area contributed by atoms with E-state index in [4.69, 9.17) is 4.74 Å². The first-order valence-corrected chi connectivity index (χ1v) is 10.9. The van der Waals surface area contributed by atoms with Gasteiger partial charge in [-0.15, -0.1) is 0 Å². The van der Waals surface area contributed by atoms with Crippen LogP contribution in [-0.4, -0.2) is 25.6 Å². The van der Waals surface area contributed by atoms with Crippen LogP contribution in [0.4, 0.5) is 0 Å². The molecular formula is C25H32N2O2. The highest BCUT2D eigenvalue weighted by molar-refractivity contribution is 5.79. The van der Waals surface area contributed by atoms with Crippen LogP contribution in [-0.2, 0) is 24.2 Å². The van der Waals surface area contributed by atoms with Gasteiger partial charge in [-0.2, -0.15) is 0 Å². The van der Waals surface area contributed by atoms with Crippen molar-refractivity contribution in [3.63, 3.8) is 0 Å². The van der Waals surface area contributed by atoms with Crippen molar-refractivity contribution in [2.45, 2.75) is 46.1 Å². The lowest BCUT2D eigenvalue weighted by molar-refractivity contribution is -0.126. The summed E-state index contributed by atoms with van der Waals surface area (Å²) in [5.41, 5.74) is 6.54. The zero-order valence-corrected chi connectivity index (χ0v) is 17.6. The van der Waals surface area contributed by atoms with E-state index in [0.29, 0.717) is 19.1 Å². The molecule has 2 aromatic carbocycles. The Bertz CT molecular complexity index is 857. The Balaban J connectivity index is 1.27. The van der Waals surface area contributed by atoms with Crippen LogP contribution in [0.2, 0.25) is 0 Å². The fraction of sp³-hybridized carbons (Fsp3) is 0.480. The van der Waals surface area contributed by atoms with Gasteiger partial charge in [0.1, 0.15) is 5.75 Å². The van der Waals surface area contributed by atoms with Crippen molar-refractivity contribution in [2.75, 3.05) is 19.7 Å². The van der Waals surface area contributed by atoms with Crippen LogP contribution in [0.25, 0.3) is 0 Å². The van der Waals surface area contributed by atoms with Crippen LogP contribution in [0.15, 0.2) is 36.4 Å². The molecule has 2 N–H and O–H groups in total. The van der Waals surface area contributed by atoms with Gasteiger partial charge in [0.25, 0.3) is 0 Å². The first-order valence-electron chi connectivity index (χ1n) is 10.9. The number of aryl methyl sites for hydroxylation is 4. The van der Waals surface area contributed by atoms with Crippen molar-refractivity contribution in [2.24, 2.45) is 11.8 Å². The fourth-order valence-electron chi connectivity index (χ4n) is 4.71. The molecule has 1 heterocycles. The van der Waals surface area contributed by atoms with Gasteiger partial charge in [-0.05, 0) is 68.4 Å². The first kappa shape index (κ1) is 20.0. The van der Waals surface area contributed by atoms with E-state index in [9.17, 15) is 4.79 Å². The van der Waals surface area contributed by atoms with E-state index < -0.39 is 0 Å². The number of benzene rings is 2. The van der Waals surface area contributed by atoms with Gasteiger partial charge >= 0.3 is 0 Å². The minimum atomic E-state index is 0.00303. The largest absolute Gasteiger partial charge is 0.493 e. The number of carbonyl (C=O) groups is 1. The molecule has 0 radical (unpaired) electrons. The third-order valence-corrected chi connectivity index (χ3v) is 6.12. The summed E-state index contributed by atoms with van der Waals surface area (Å²) in [4.78, 5) is 12.7. The van der Waals surface area contributed by atoms with Crippen molar-refractivity contribution < 1.29 is 9.53 Å². The van der Waals surface area contributed by atoms with Gasteiger partial charge in [0.05, 0.1) is 12.5 Å². The number of rotatable bonds is 6. The molecule has 2 aromatic rings. The Morgan fingerprint density at radius 3 is 2.69 bits per heavy atom. The topological polar surface area (TPSA) is 50.4 Å². The molecule has 1 fully saturated rings. The smallest absolute Gasteiger partial charge is 0.224 e. The lowest BCUT2D eigenvalue weighted by atomic mass is 9.90. The minimum Gasteiger partial charge on any atom is -0.493 e. The molecule has 2 atom stereocenters. The molecule has 1 aliphatic heterocycles. The summed E-state index contributed by atoms with van der Waals surface area (Å²) < 4.78 is 6.08. The highest BCUT2D eigenvalue weighted by Gasteiger charge is 2.27. The molecule has 0 aromatic heterocycles. The summed E-state index contributed by atoms with van der Waals surface area (Å²) in [6.45, 7) is 7.09. The van der Waals surface area contributed by atoms with Crippen molar-refractivity contribution >= 4 is 5.91 Å². The molecule has 4 nitrogen and oxygen atoms in total. The number of piperidine rings is 1. The SMILES string of the molecule is Cc1cc(C)cc(CNC(=O)[C@H]2CNC[C@@H](COc3ccc4c(c3)CCC4)C2)c1. The predicted molar refractivity (Wildman–Crippen MR) is 116 cm³/mol. The maximum atomic E-state index is 12.7. The lowest BCUT2D eigenvalue weighted by Gasteiger charge is -2.29. The van der Waals surface area contributed by atoms with Crippen LogP contribution in [0, 0.1) is 25.7 Å². The monoisotopic (exact) mass is 392 g/mol. The van der Waals surface area contributed by atoms with Gasteiger partial charge < -0.3 is 15.4 Å². The average Bonchev–Trinajstić information content (AvgIpc) is 3.18. The summed E-state index contributed by atoms with van der Waals surface area (Å²) in [6, 6.07) is 12.9. The molecule has 2 aliphatic rings. The Hall–Kier alpha value is -2.33. The maximum Gasteiger partial charge on any atom is 0.224 e. The van der Waals surface area contributed by atoms with Gasteiger partial charge in [0.2, 0.25) is 5.91 Å². The van der Waals surface area contributed by atoms with Crippen molar-refractivity contribution in [1.82, 2.24) is 10.6 Å². The molecule has 0 spiro atoms. The van der Waals surface area contributed by atoms with Crippen LogP contribution in [0.3, 0.4) is 0 Å². The van der Waals surface area contributed by atoms with Crippen molar-refractivity contribution in [1.29, 1.82) is 0 Å². The maximum absolute atomic E-state index is 12.7. The van der Waals surface area contributed by atoms with Gasteiger partial charge in [-0.3, -0.25) is 4.79 Å². The number of hydrogen-bond donors (Lipinski definition) is 2. The van der Waals surface area contributed by atoms with Crippen LogP contribution >= 0.6 is 0 Å². The highest BCUT2D eigenvalue weighted by Crippen LogP contribution is 2.27. The lowest BCUT2D eigenvalue weighted by Crippen LogP contribution is -2.45. The molecule has 1 aliphatic carbocycles. The number of nitrogens with one attached hydrogen (secondary N) is 2. The van der Waals surface area contributed by atoms with Gasteiger partial charge in [0, 0.05) is 25.6 Å². The van der Waals surface area contributed by atoms with Crippen molar-refractivity contribution in [3.8, 4) is 5.75 Å². The summed E-state index contributed by atoms with van der Waals surface area (Å²) in [6.07, 6.45) is 4.49. The molecule has 154 valence electrons. The fourth-order valence-corrected chi connectivity index (χ4v) is 4.71. The third kappa shape index (κ3) is 5.18. The summed E-state index contributed by atoms with van der Waals surface area (Å²) in [7, 11) is 0. The van der Waals surface area contributed by atoms with Gasteiger partial charge in [-0.25, -0.2) is 0 Å². The summed E-state index contributed by atoms with van der Waals surface area (Å²) in [5, 5.41) is 6.55. The number of ether oxygens (including phenoxy) is 1. The summed E-state index contributed by atoms with van der Waals surface area (Å²) in [5.74, 6) is 1.46. The average molecular weight is 393 g/mol. The van der Waals surface area contributed by atoms with E-state index in [1.165, 1.54) is 41.5 Å². The Morgan fingerprint density at radius 2 is 1.86 bits per heavy atom. The number of hydrogen-bond acceptors (Lipinski definition) is 3. The quantitative estimate of drug-likeness (QED) is 0.788. The van der Waals surface area contributed by atoms with E-state index >= 15 is 0 Å². The second-order valence-electron chi connectivity index (χ2n) is 8.77. The predicted octanol–water partition coefficient (Wildman–Crippen LogP) is 3.71. The van der Waals surface area contributed by atoms with E-state index in [2.05, 4.69) is 60.9 Å². The van der Waals surface area contributed by atoms with Crippen molar-refractivity contribution in [3.05, 3.63) is 64.2 Å². The molecule has 1 amide bonds. The number of carbonyl (C=O) groups excluding carboxylic acids is 1. The van der Waals surface area contributed by atoms with Crippen LogP contribution in [0.5, 0.6) is 5.75 Å². The molecule has 29 heavy (non-hydrogen) atoms. The standard InChI is InChI=1S/C25H32N2O2/c1-17-8-18(2)10-19(9-17)14-27-25(28)23-11-20(13-26-15-23)16-29-24-7-6-21-4-3-5-22(21)12-24/h6-10,12,20,23,26H,3-5,11,13-16H2,1-2H3,(H,27,28)/t20-,23+/m0/s1. The molecule has 0 saturated carbocycles. The second-order valence-corrected chi connectivity index (χ2v) is 8.77. The molecule has 0 unspecified atom stereocenters. The third-order valence-electron chi connectivity index (χ3n) is 6.12. The van der Waals surface area contributed by atoms with Gasteiger partial charge in [-0.1, -0.05) is 35.4 Å². The zero-order valence-electron chi connectivity index (χ0n) is 17.6. The second kappa shape index (κ2) is 9.00. The minimum absolute atomic E-state index is 0.00303. The number of amides is 1. The van der Waals surface area contributed by atoms with E-state index in [1.807, 2.05) is 0 Å².